The van der Waals surface area contributed by atoms with Gasteiger partial charge >= 0.3 is 0 Å². The lowest BCUT2D eigenvalue weighted by Gasteiger charge is -2.10. The van der Waals surface area contributed by atoms with Crippen LogP contribution in [0, 0.1) is 17.7 Å². The first-order chi connectivity index (χ1) is 10.1. The molecular formula is C16H10Cl3FO. The molecule has 21 heavy (non-hydrogen) atoms. The molecule has 0 N–H and O–H groups in total. The van der Waals surface area contributed by atoms with Gasteiger partial charge in [0.25, 0.3) is 0 Å². The number of hydrogen-bond donors (Lipinski definition) is 0. The Bertz CT molecular complexity index is 684. The van der Waals surface area contributed by atoms with Crippen molar-refractivity contribution < 1.29 is 9.13 Å². The van der Waals surface area contributed by atoms with E-state index in [-0.39, 0.29) is 18.2 Å². The van der Waals surface area contributed by atoms with Crippen molar-refractivity contribution in [3.05, 3.63) is 63.4 Å². The maximum atomic E-state index is 13.7. The summed E-state index contributed by atoms with van der Waals surface area (Å²) in [5.41, 5.74) is 1.23. The molecule has 0 radical (unpaired) electrons. The maximum absolute atomic E-state index is 13.7. The van der Waals surface area contributed by atoms with Crippen molar-refractivity contribution in [1.82, 2.24) is 0 Å². The molecule has 0 bridgehead atoms. The molecule has 0 amide bonds. The van der Waals surface area contributed by atoms with E-state index in [1.54, 1.807) is 24.3 Å². The number of halogens is 4. The summed E-state index contributed by atoms with van der Waals surface area (Å²) in [5.74, 6) is 5.32. The first-order valence-electron chi connectivity index (χ1n) is 6.02. The molecule has 0 saturated heterocycles. The van der Waals surface area contributed by atoms with Crippen LogP contribution in [-0.4, -0.2) is 5.88 Å². The van der Waals surface area contributed by atoms with E-state index < -0.39 is 5.82 Å². The molecule has 0 heterocycles. The van der Waals surface area contributed by atoms with E-state index in [0.717, 1.165) is 0 Å². The number of ether oxygens (including phenoxy) is 1. The second kappa shape index (κ2) is 7.56. The van der Waals surface area contributed by atoms with Crippen molar-refractivity contribution in [1.29, 1.82) is 0 Å². The molecule has 0 aliphatic carbocycles. The van der Waals surface area contributed by atoms with Crippen LogP contribution in [0.1, 0.15) is 11.1 Å². The van der Waals surface area contributed by atoms with Gasteiger partial charge in [0.15, 0.2) is 11.6 Å². The summed E-state index contributed by atoms with van der Waals surface area (Å²) in [6.45, 7) is 0.0712. The fourth-order valence-electron chi connectivity index (χ4n) is 1.65. The molecule has 5 heteroatoms. The monoisotopic (exact) mass is 342 g/mol. The van der Waals surface area contributed by atoms with Gasteiger partial charge in [0.1, 0.15) is 6.61 Å². The van der Waals surface area contributed by atoms with Crippen molar-refractivity contribution in [2.75, 3.05) is 5.88 Å². The van der Waals surface area contributed by atoms with Crippen LogP contribution in [0.2, 0.25) is 10.0 Å². The van der Waals surface area contributed by atoms with E-state index >= 15 is 0 Å². The summed E-state index contributed by atoms with van der Waals surface area (Å²) in [6.07, 6.45) is 0. The lowest BCUT2D eigenvalue weighted by atomic mass is 10.2. The Kier molecular flexibility index (Phi) is 5.76. The minimum atomic E-state index is -0.477. The topological polar surface area (TPSA) is 9.23 Å². The number of hydrogen-bond acceptors (Lipinski definition) is 1. The zero-order valence-corrected chi connectivity index (χ0v) is 13.1. The van der Waals surface area contributed by atoms with Crippen LogP contribution in [0.25, 0.3) is 0 Å². The van der Waals surface area contributed by atoms with Crippen molar-refractivity contribution in [3.63, 3.8) is 0 Å². The van der Waals surface area contributed by atoms with Crippen molar-refractivity contribution in [3.8, 4) is 17.6 Å². The van der Waals surface area contributed by atoms with Gasteiger partial charge in [-0.25, -0.2) is 4.39 Å². The van der Waals surface area contributed by atoms with Crippen molar-refractivity contribution >= 4 is 34.8 Å². The fraction of sp³-hybridized carbons (Fsp3) is 0.125. The summed E-state index contributed by atoms with van der Waals surface area (Å²) in [4.78, 5) is 0. The van der Waals surface area contributed by atoms with Crippen molar-refractivity contribution in [2.45, 2.75) is 6.61 Å². The Morgan fingerprint density at radius 1 is 1.10 bits per heavy atom. The van der Waals surface area contributed by atoms with Gasteiger partial charge in [0.2, 0.25) is 0 Å². The van der Waals surface area contributed by atoms with E-state index in [0.29, 0.717) is 21.2 Å². The SMILES string of the molecule is Fc1ccc(C#CCCl)cc1OCc1c(Cl)cccc1Cl. The first-order valence-corrected chi connectivity index (χ1v) is 7.31. The molecule has 0 aromatic heterocycles. The molecule has 0 fully saturated rings. The average molecular weight is 344 g/mol. The Hall–Kier alpha value is -1.40. The average Bonchev–Trinajstić information content (AvgIpc) is 2.47. The number of alkyl halides is 1. The normalized spacial score (nSPS) is 9.90. The lowest BCUT2D eigenvalue weighted by molar-refractivity contribution is 0.290. The van der Waals surface area contributed by atoms with Crippen LogP contribution in [-0.2, 0) is 6.61 Å². The van der Waals surface area contributed by atoms with Crippen LogP contribution >= 0.6 is 34.8 Å². The van der Waals surface area contributed by atoms with E-state index in [9.17, 15) is 4.39 Å². The van der Waals surface area contributed by atoms with Gasteiger partial charge in [0.05, 0.1) is 5.88 Å². The molecule has 0 atom stereocenters. The van der Waals surface area contributed by atoms with E-state index in [1.807, 2.05) is 0 Å². The third kappa shape index (κ3) is 4.28. The smallest absolute Gasteiger partial charge is 0.165 e. The summed E-state index contributed by atoms with van der Waals surface area (Å²) in [6, 6.07) is 9.50. The lowest BCUT2D eigenvalue weighted by Crippen LogP contribution is -1.99. The van der Waals surface area contributed by atoms with Gasteiger partial charge in [-0.2, -0.15) is 0 Å². The molecule has 0 spiro atoms. The van der Waals surface area contributed by atoms with Gasteiger partial charge in [-0.1, -0.05) is 41.1 Å². The van der Waals surface area contributed by atoms with Gasteiger partial charge in [-0.15, -0.1) is 11.6 Å². The van der Waals surface area contributed by atoms with Crippen LogP contribution in [0.4, 0.5) is 4.39 Å². The van der Waals surface area contributed by atoms with Gasteiger partial charge < -0.3 is 4.74 Å². The highest BCUT2D eigenvalue weighted by Gasteiger charge is 2.09. The third-order valence-corrected chi connectivity index (χ3v) is 3.51. The molecular weight excluding hydrogens is 334 g/mol. The minimum absolute atomic E-state index is 0.0712. The largest absolute Gasteiger partial charge is 0.486 e. The highest BCUT2D eigenvalue weighted by molar-refractivity contribution is 6.35. The number of benzene rings is 2. The predicted molar refractivity (Wildman–Crippen MR) is 84.8 cm³/mol. The summed E-state index contributed by atoms with van der Waals surface area (Å²) >= 11 is 17.6. The summed E-state index contributed by atoms with van der Waals surface area (Å²) < 4.78 is 19.2. The fourth-order valence-corrected chi connectivity index (χ4v) is 2.22. The molecule has 0 aliphatic heterocycles. The molecule has 108 valence electrons. The van der Waals surface area contributed by atoms with Crippen LogP contribution in [0.5, 0.6) is 5.75 Å². The van der Waals surface area contributed by atoms with Crippen LogP contribution in [0.3, 0.4) is 0 Å². The van der Waals surface area contributed by atoms with Crippen molar-refractivity contribution in [2.24, 2.45) is 0 Å². The van der Waals surface area contributed by atoms with Gasteiger partial charge in [0, 0.05) is 21.2 Å². The Labute approximate surface area is 137 Å². The highest BCUT2D eigenvalue weighted by Crippen LogP contribution is 2.27. The van der Waals surface area contributed by atoms with E-state index in [1.165, 1.54) is 12.1 Å². The third-order valence-electron chi connectivity index (χ3n) is 2.66. The van der Waals surface area contributed by atoms with Crippen LogP contribution in [0.15, 0.2) is 36.4 Å². The van der Waals surface area contributed by atoms with E-state index in [4.69, 9.17) is 39.5 Å². The molecule has 1 nitrogen and oxygen atoms in total. The molecule has 0 aliphatic rings. The molecule has 0 saturated carbocycles. The quantitative estimate of drug-likeness (QED) is 0.542. The molecule has 2 aromatic rings. The zero-order chi connectivity index (χ0) is 15.2. The Morgan fingerprint density at radius 3 is 2.48 bits per heavy atom. The second-order valence-electron chi connectivity index (χ2n) is 4.07. The molecule has 2 aromatic carbocycles. The maximum Gasteiger partial charge on any atom is 0.165 e. The predicted octanol–water partition coefficient (Wildman–Crippen LogP) is 5.30. The highest BCUT2D eigenvalue weighted by atomic mass is 35.5. The van der Waals surface area contributed by atoms with E-state index in [2.05, 4.69) is 11.8 Å². The zero-order valence-electron chi connectivity index (χ0n) is 10.8. The minimum Gasteiger partial charge on any atom is -0.486 e. The standard InChI is InChI=1S/C16H10Cl3FO/c17-8-2-3-11-6-7-15(20)16(9-11)21-10-12-13(18)4-1-5-14(12)19/h1,4-7,9H,8,10H2. The Morgan fingerprint density at radius 2 is 1.81 bits per heavy atom. The Balaban J connectivity index is 2.20. The first kappa shape index (κ1) is 16.0. The molecule has 0 unspecified atom stereocenters. The summed E-state index contributed by atoms with van der Waals surface area (Å²) in [5, 5.41) is 0.946. The van der Waals surface area contributed by atoms with Crippen LogP contribution < -0.4 is 4.74 Å². The van der Waals surface area contributed by atoms with Gasteiger partial charge in [-0.3, -0.25) is 0 Å². The summed E-state index contributed by atoms with van der Waals surface area (Å²) in [7, 11) is 0. The molecule has 2 rings (SSSR count). The number of rotatable bonds is 3. The van der Waals surface area contributed by atoms with Gasteiger partial charge in [-0.05, 0) is 30.3 Å². The second-order valence-corrected chi connectivity index (χ2v) is 5.15.